The molecule has 2 N–H and O–H groups in total. The number of anilines is 1. The number of esters is 1. The number of ether oxygens (including phenoxy) is 2. The van der Waals surface area contributed by atoms with E-state index in [2.05, 4.69) is 10.0 Å². The second kappa shape index (κ2) is 8.54. The molecule has 144 valence electrons. The van der Waals surface area contributed by atoms with Crippen molar-refractivity contribution in [3.8, 4) is 5.75 Å². The monoisotopic (exact) mass is 392 g/mol. The van der Waals surface area contributed by atoms with Crippen molar-refractivity contribution in [3.05, 3.63) is 53.6 Å². The van der Waals surface area contributed by atoms with Crippen molar-refractivity contribution in [2.24, 2.45) is 0 Å². The summed E-state index contributed by atoms with van der Waals surface area (Å²) >= 11 is 0. The molecule has 0 aliphatic heterocycles. The molecule has 0 aliphatic carbocycles. The summed E-state index contributed by atoms with van der Waals surface area (Å²) in [5.74, 6) is -0.896. The number of sulfonamides is 1. The number of carbonyl (C=O) groups is 2. The molecule has 1 amide bonds. The maximum absolute atomic E-state index is 12.8. The van der Waals surface area contributed by atoms with Gasteiger partial charge in [0.25, 0.3) is 15.9 Å². The van der Waals surface area contributed by atoms with Gasteiger partial charge in [-0.1, -0.05) is 12.1 Å². The van der Waals surface area contributed by atoms with Crippen molar-refractivity contribution in [2.75, 3.05) is 25.5 Å². The Morgan fingerprint density at radius 1 is 1.07 bits per heavy atom. The van der Waals surface area contributed by atoms with Gasteiger partial charge in [0, 0.05) is 7.05 Å². The maximum atomic E-state index is 12.8. The molecule has 0 radical (unpaired) electrons. The third kappa shape index (κ3) is 4.56. The van der Waals surface area contributed by atoms with Crippen molar-refractivity contribution in [1.82, 2.24) is 5.32 Å². The molecule has 27 heavy (non-hydrogen) atoms. The molecule has 0 bridgehead atoms. The predicted octanol–water partition coefficient (Wildman–Crippen LogP) is 2.03. The van der Waals surface area contributed by atoms with Crippen LogP contribution in [0.25, 0.3) is 0 Å². The van der Waals surface area contributed by atoms with E-state index in [0.29, 0.717) is 0 Å². The summed E-state index contributed by atoms with van der Waals surface area (Å²) in [6.45, 7) is 1.82. The first-order chi connectivity index (χ1) is 12.8. The van der Waals surface area contributed by atoms with Gasteiger partial charge in [-0.3, -0.25) is 9.52 Å². The molecule has 2 aromatic carbocycles. The van der Waals surface area contributed by atoms with Crippen molar-refractivity contribution in [2.45, 2.75) is 11.8 Å². The third-order valence-electron chi connectivity index (χ3n) is 3.62. The first-order valence-electron chi connectivity index (χ1n) is 8.03. The Kier molecular flexibility index (Phi) is 6.40. The van der Waals surface area contributed by atoms with Gasteiger partial charge in [0.15, 0.2) is 0 Å². The molecule has 9 heteroatoms. The Morgan fingerprint density at radius 2 is 1.78 bits per heavy atom. The molecule has 0 spiro atoms. The van der Waals surface area contributed by atoms with Crippen molar-refractivity contribution in [3.63, 3.8) is 0 Å². The Bertz CT molecular complexity index is 956. The highest BCUT2D eigenvalue weighted by Crippen LogP contribution is 2.25. The quantitative estimate of drug-likeness (QED) is 0.698. The molecule has 0 atom stereocenters. The number of benzene rings is 2. The molecular weight excluding hydrogens is 372 g/mol. The lowest BCUT2D eigenvalue weighted by molar-refractivity contribution is 0.0527. The minimum absolute atomic E-state index is 0.0709. The fourth-order valence-electron chi connectivity index (χ4n) is 2.33. The SMILES string of the molecule is CCOC(=O)c1ccccc1NS(=O)(=O)c1ccc(OC)c(C(=O)NC)c1. The van der Waals surface area contributed by atoms with Crippen LogP contribution in [0.3, 0.4) is 0 Å². The minimum Gasteiger partial charge on any atom is -0.496 e. The molecule has 0 aliphatic rings. The predicted molar refractivity (Wildman–Crippen MR) is 99.6 cm³/mol. The molecule has 0 unspecified atom stereocenters. The summed E-state index contributed by atoms with van der Waals surface area (Å²) in [6.07, 6.45) is 0. The van der Waals surface area contributed by atoms with Crippen LogP contribution in [0, 0.1) is 0 Å². The van der Waals surface area contributed by atoms with Crippen LogP contribution in [0.15, 0.2) is 47.4 Å². The highest BCUT2D eigenvalue weighted by atomic mass is 32.2. The second-order valence-corrected chi connectivity index (χ2v) is 7.00. The van der Waals surface area contributed by atoms with Gasteiger partial charge in [-0.05, 0) is 37.3 Å². The topological polar surface area (TPSA) is 111 Å². The Labute approximate surface area is 157 Å². The molecule has 2 rings (SSSR count). The summed E-state index contributed by atoms with van der Waals surface area (Å²) in [6, 6.07) is 9.99. The van der Waals surface area contributed by atoms with E-state index in [0.717, 1.165) is 0 Å². The summed E-state index contributed by atoms with van der Waals surface area (Å²) < 4.78 is 37.9. The fraction of sp³-hybridized carbons (Fsp3) is 0.222. The molecule has 0 saturated carbocycles. The van der Waals surface area contributed by atoms with E-state index in [1.165, 1.54) is 44.5 Å². The highest BCUT2D eigenvalue weighted by molar-refractivity contribution is 7.92. The van der Waals surface area contributed by atoms with Gasteiger partial charge in [0.1, 0.15) is 5.75 Å². The van der Waals surface area contributed by atoms with Crippen LogP contribution in [0.5, 0.6) is 5.75 Å². The summed E-state index contributed by atoms with van der Waals surface area (Å²) in [4.78, 5) is 23.9. The number of hydrogen-bond acceptors (Lipinski definition) is 6. The first-order valence-corrected chi connectivity index (χ1v) is 9.51. The van der Waals surface area contributed by atoms with Crippen molar-refractivity contribution in [1.29, 1.82) is 0 Å². The highest BCUT2D eigenvalue weighted by Gasteiger charge is 2.22. The zero-order chi connectivity index (χ0) is 20.0. The molecule has 0 heterocycles. The average Bonchev–Trinajstić information content (AvgIpc) is 2.67. The molecule has 0 aromatic heterocycles. The maximum Gasteiger partial charge on any atom is 0.340 e. The molecular formula is C18H20N2O6S. The molecule has 2 aromatic rings. The van der Waals surface area contributed by atoms with Crippen LogP contribution in [0.4, 0.5) is 5.69 Å². The van der Waals surface area contributed by atoms with Gasteiger partial charge in [0.2, 0.25) is 0 Å². The fourth-order valence-corrected chi connectivity index (χ4v) is 3.43. The van der Waals surface area contributed by atoms with Crippen LogP contribution in [0.1, 0.15) is 27.6 Å². The lowest BCUT2D eigenvalue weighted by Crippen LogP contribution is -2.20. The standard InChI is InChI=1S/C18H20N2O6S/c1-4-26-18(22)13-7-5-6-8-15(13)20-27(23,24)12-9-10-16(25-3)14(11-12)17(21)19-2/h5-11,20H,4H2,1-3H3,(H,19,21). The number of rotatable bonds is 7. The Balaban J connectivity index is 2.44. The summed E-state index contributed by atoms with van der Waals surface area (Å²) in [5, 5.41) is 2.43. The smallest absolute Gasteiger partial charge is 0.340 e. The lowest BCUT2D eigenvalue weighted by Gasteiger charge is -2.13. The zero-order valence-corrected chi connectivity index (χ0v) is 15.9. The third-order valence-corrected chi connectivity index (χ3v) is 4.98. The lowest BCUT2D eigenvalue weighted by atomic mass is 10.2. The van der Waals surface area contributed by atoms with E-state index in [9.17, 15) is 18.0 Å². The van der Waals surface area contributed by atoms with Gasteiger partial charge in [0.05, 0.1) is 35.4 Å². The van der Waals surface area contributed by atoms with E-state index in [1.54, 1.807) is 19.1 Å². The summed E-state index contributed by atoms with van der Waals surface area (Å²) in [5.41, 5.74) is 0.234. The minimum atomic E-state index is -4.07. The van der Waals surface area contributed by atoms with Crippen LogP contribution < -0.4 is 14.8 Å². The first kappa shape index (κ1) is 20.2. The zero-order valence-electron chi connectivity index (χ0n) is 15.1. The van der Waals surface area contributed by atoms with Gasteiger partial charge in [-0.25, -0.2) is 13.2 Å². The molecule has 0 fully saturated rings. The number of hydrogen-bond donors (Lipinski definition) is 2. The van der Waals surface area contributed by atoms with E-state index in [1.807, 2.05) is 0 Å². The summed E-state index contributed by atoms with van der Waals surface area (Å²) in [7, 11) is -1.26. The van der Waals surface area contributed by atoms with E-state index in [-0.39, 0.29) is 34.1 Å². The molecule has 8 nitrogen and oxygen atoms in total. The van der Waals surface area contributed by atoms with Crippen LogP contribution >= 0.6 is 0 Å². The number of methoxy groups -OCH3 is 1. The normalized spacial score (nSPS) is 10.8. The van der Waals surface area contributed by atoms with Gasteiger partial charge in [-0.15, -0.1) is 0 Å². The second-order valence-electron chi connectivity index (χ2n) is 5.31. The van der Waals surface area contributed by atoms with Crippen LogP contribution in [0.2, 0.25) is 0 Å². The van der Waals surface area contributed by atoms with Gasteiger partial charge in [-0.2, -0.15) is 0 Å². The number of para-hydroxylation sites is 1. The van der Waals surface area contributed by atoms with Gasteiger partial charge < -0.3 is 14.8 Å². The number of amides is 1. The van der Waals surface area contributed by atoms with E-state index >= 15 is 0 Å². The average molecular weight is 392 g/mol. The van der Waals surface area contributed by atoms with Gasteiger partial charge >= 0.3 is 5.97 Å². The van der Waals surface area contributed by atoms with Crippen LogP contribution in [-0.2, 0) is 14.8 Å². The number of carbonyl (C=O) groups excluding carboxylic acids is 2. The Hall–Kier alpha value is -3.07. The number of nitrogens with one attached hydrogen (secondary N) is 2. The van der Waals surface area contributed by atoms with Crippen molar-refractivity contribution < 1.29 is 27.5 Å². The van der Waals surface area contributed by atoms with Crippen molar-refractivity contribution >= 4 is 27.6 Å². The molecule has 0 saturated heterocycles. The van der Waals surface area contributed by atoms with E-state index in [4.69, 9.17) is 9.47 Å². The van der Waals surface area contributed by atoms with E-state index < -0.39 is 21.9 Å². The largest absolute Gasteiger partial charge is 0.496 e. The Morgan fingerprint density at radius 3 is 2.41 bits per heavy atom. The van der Waals surface area contributed by atoms with Crippen LogP contribution in [-0.4, -0.2) is 41.1 Å².